The molecule has 0 saturated heterocycles. The highest BCUT2D eigenvalue weighted by Gasteiger charge is 2.12. The van der Waals surface area contributed by atoms with Crippen LogP contribution in [0.2, 0.25) is 0 Å². The zero-order chi connectivity index (χ0) is 17.8. The number of guanidine groups is 1. The lowest BCUT2D eigenvalue weighted by Crippen LogP contribution is -2.23. The number of hydrogen-bond donors (Lipinski definition) is 2. The number of benzene rings is 1. The van der Waals surface area contributed by atoms with E-state index in [0.29, 0.717) is 25.7 Å². The van der Waals surface area contributed by atoms with Gasteiger partial charge in [0.25, 0.3) is 0 Å². The van der Waals surface area contributed by atoms with E-state index in [9.17, 15) is 0 Å². The van der Waals surface area contributed by atoms with Crippen LogP contribution in [0.1, 0.15) is 30.8 Å². The third-order valence-corrected chi connectivity index (χ3v) is 4.63. The number of rotatable bonds is 4. The number of aromatic nitrogens is 2. The van der Waals surface area contributed by atoms with Gasteiger partial charge in [0.1, 0.15) is 5.82 Å². The molecule has 26 heavy (non-hydrogen) atoms. The van der Waals surface area contributed by atoms with Gasteiger partial charge in [-0.15, -0.1) is 0 Å². The van der Waals surface area contributed by atoms with E-state index in [2.05, 4.69) is 21.1 Å². The molecule has 0 amide bonds. The normalized spacial score (nSPS) is 16.7. The number of nitrogens with two attached hydrogens (primary N) is 1. The molecule has 2 aliphatic rings. The average molecular weight is 355 g/mol. The average Bonchev–Trinajstić information content (AvgIpc) is 2.91. The van der Waals surface area contributed by atoms with E-state index in [4.69, 9.17) is 20.2 Å². The lowest BCUT2D eigenvalue weighted by molar-refractivity contribution is 0.297. The Morgan fingerprint density at radius 3 is 2.96 bits per heavy atom. The van der Waals surface area contributed by atoms with E-state index in [0.717, 1.165) is 48.7 Å². The maximum Gasteiger partial charge on any atom is 0.193 e. The van der Waals surface area contributed by atoms with Crippen LogP contribution in [-0.4, -0.2) is 35.3 Å². The minimum absolute atomic E-state index is 0.392. The molecule has 3 heterocycles. The zero-order valence-electron chi connectivity index (χ0n) is 14.9. The van der Waals surface area contributed by atoms with Crippen molar-refractivity contribution in [3.63, 3.8) is 0 Å². The van der Waals surface area contributed by atoms with E-state index in [1.54, 1.807) is 0 Å². The number of nitrogens with one attached hydrogen (secondary N) is 1. The summed E-state index contributed by atoms with van der Waals surface area (Å²) in [6.45, 7) is 3.04. The van der Waals surface area contributed by atoms with Gasteiger partial charge in [-0.3, -0.25) is 4.99 Å². The molecule has 2 aliphatic heterocycles. The maximum absolute atomic E-state index is 6.02. The lowest BCUT2D eigenvalue weighted by atomic mass is 10.2. The summed E-state index contributed by atoms with van der Waals surface area (Å²) in [5.41, 5.74) is 7.95. The Hall–Kier alpha value is -2.70. The molecule has 7 heteroatoms. The number of aryl methyl sites for hydroxylation is 2. The highest BCUT2D eigenvalue weighted by Crippen LogP contribution is 2.32. The quantitative estimate of drug-likeness (QED) is 0.649. The summed E-state index contributed by atoms with van der Waals surface area (Å²) in [5, 5.41) is 3.11. The first-order valence-electron chi connectivity index (χ1n) is 9.29. The Bertz CT molecular complexity index is 776. The molecule has 7 nitrogen and oxygen atoms in total. The van der Waals surface area contributed by atoms with E-state index in [-0.39, 0.29) is 0 Å². The molecular weight excluding hydrogens is 330 g/mol. The minimum atomic E-state index is 0.392. The Kier molecular flexibility index (Phi) is 4.95. The van der Waals surface area contributed by atoms with Crippen molar-refractivity contribution < 1.29 is 9.47 Å². The monoisotopic (exact) mass is 355 g/mol. The first-order chi connectivity index (χ1) is 12.8. The van der Waals surface area contributed by atoms with Crippen LogP contribution in [0.3, 0.4) is 0 Å². The Labute approximate surface area is 153 Å². The van der Waals surface area contributed by atoms with Gasteiger partial charge < -0.3 is 25.1 Å². The molecule has 0 atom stereocenters. The molecule has 0 spiro atoms. The van der Waals surface area contributed by atoms with Crippen molar-refractivity contribution in [2.45, 2.75) is 38.6 Å². The summed E-state index contributed by atoms with van der Waals surface area (Å²) in [6.07, 6.45) is 7.39. The van der Waals surface area contributed by atoms with Gasteiger partial charge >= 0.3 is 0 Å². The highest BCUT2D eigenvalue weighted by molar-refractivity contribution is 5.92. The van der Waals surface area contributed by atoms with Crippen molar-refractivity contribution in [2.24, 2.45) is 10.7 Å². The smallest absolute Gasteiger partial charge is 0.193 e. The van der Waals surface area contributed by atoms with Crippen LogP contribution < -0.4 is 20.5 Å². The van der Waals surface area contributed by atoms with Crippen molar-refractivity contribution in [1.29, 1.82) is 0 Å². The van der Waals surface area contributed by atoms with E-state index >= 15 is 0 Å². The van der Waals surface area contributed by atoms with Crippen LogP contribution in [0.25, 0.3) is 0 Å². The largest absolute Gasteiger partial charge is 0.490 e. The van der Waals surface area contributed by atoms with Gasteiger partial charge in [-0.25, -0.2) is 4.98 Å². The van der Waals surface area contributed by atoms with Crippen molar-refractivity contribution in [2.75, 3.05) is 25.1 Å². The molecular formula is C19H25N5O2. The predicted molar refractivity (Wildman–Crippen MR) is 101 cm³/mol. The summed E-state index contributed by atoms with van der Waals surface area (Å²) in [5.74, 6) is 3.10. The van der Waals surface area contributed by atoms with Crippen molar-refractivity contribution in [1.82, 2.24) is 9.55 Å². The summed E-state index contributed by atoms with van der Waals surface area (Å²) in [7, 11) is 0. The third-order valence-electron chi connectivity index (χ3n) is 4.63. The lowest BCUT2D eigenvalue weighted by Gasteiger charge is -2.11. The second kappa shape index (κ2) is 7.68. The summed E-state index contributed by atoms with van der Waals surface area (Å²) < 4.78 is 13.6. The summed E-state index contributed by atoms with van der Waals surface area (Å²) >= 11 is 0. The molecule has 1 aromatic heterocycles. The van der Waals surface area contributed by atoms with Crippen LogP contribution in [-0.2, 0) is 19.4 Å². The Morgan fingerprint density at radius 1 is 1.19 bits per heavy atom. The number of anilines is 1. The van der Waals surface area contributed by atoms with E-state index in [1.165, 1.54) is 18.7 Å². The molecule has 0 bridgehead atoms. The molecule has 0 saturated carbocycles. The Morgan fingerprint density at radius 2 is 2.08 bits per heavy atom. The van der Waals surface area contributed by atoms with E-state index < -0.39 is 0 Å². The zero-order valence-corrected chi connectivity index (χ0v) is 14.9. The number of imidazole rings is 1. The minimum Gasteiger partial charge on any atom is -0.490 e. The second-order valence-electron chi connectivity index (χ2n) is 6.65. The van der Waals surface area contributed by atoms with Gasteiger partial charge in [0.15, 0.2) is 17.5 Å². The predicted octanol–water partition coefficient (Wildman–Crippen LogP) is 2.35. The number of hydrogen-bond acceptors (Lipinski definition) is 4. The van der Waals surface area contributed by atoms with E-state index in [1.807, 2.05) is 18.2 Å². The fourth-order valence-corrected chi connectivity index (χ4v) is 3.31. The molecule has 0 fully saturated rings. The molecule has 0 radical (unpaired) electrons. The van der Waals surface area contributed by atoms with Gasteiger partial charge in [0.2, 0.25) is 0 Å². The molecule has 0 unspecified atom stereocenters. The molecule has 0 aliphatic carbocycles. The van der Waals surface area contributed by atoms with Gasteiger partial charge in [-0.2, -0.15) is 0 Å². The van der Waals surface area contributed by atoms with Crippen LogP contribution >= 0.6 is 0 Å². The number of ether oxygens (including phenoxy) is 2. The Balaban J connectivity index is 1.33. The highest BCUT2D eigenvalue weighted by atomic mass is 16.5. The summed E-state index contributed by atoms with van der Waals surface area (Å²) in [6, 6.07) is 5.71. The second-order valence-corrected chi connectivity index (χ2v) is 6.65. The van der Waals surface area contributed by atoms with Crippen molar-refractivity contribution in [3.8, 4) is 11.5 Å². The molecule has 1 aromatic carbocycles. The van der Waals surface area contributed by atoms with Gasteiger partial charge in [-0.1, -0.05) is 0 Å². The van der Waals surface area contributed by atoms with Gasteiger partial charge in [0, 0.05) is 50.3 Å². The number of fused-ring (bicyclic) bond motifs is 2. The summed E-state index contributed by atoms with van der Waals surface area (Å²) in [4.78, 5) is 9.10. The fraction of sp³-hybridized carbons (Fsp3) is 0.474. The molecule has 3 N–H and O–H groups in total. The third kappa shape index (κ3) is 3.92. The topological polar surface area (TPSA) is 86.7 Å². The molecule has 4 rings (SSSR count). The van der Waals surface area contributed by atoms with Crippen molar-refractivity contribution >= 4 is 11.6 Å². The van der Waals surface area contributed by atoms with Gasteiger partial charge in [-0.05, 0) is 25.0 Å². The fourth-order valence-electron chi connectivity index (χ4n) is 3.31. The van der Waals surface area contributed by atoms with Crippen molar-refractivity contribution in [3.05, 3.63) is 35.9 Å². The SMILES string of the molecule is NC(=NCCc1cn2c(n1)CCCC2)Nc1ccc2c(c1)OCCCO2. The maximum atomic E-state index is 6.02. The first kappa shape index (κ1) is 16.8. The molecule has 138 valence electrons. The number of aliphatic imine (C=N–C) groups is 1. The van der Waals surface area contributed by atoms with Crippen LogP contribution in [0, 0.1) is 0 Å². The van der Waals surface area contributed by atoms with Crippen LogP contribution in [0.5, 0.6) is 11.5 Å². The van der Waals surface area contributed by atoms with Crippen LogP contribution in [0.4, 0.5) is 5.69 Å². The standard InChI is InChI=1S/C19H25N5O2/c20-19(21-8-7-15-13-24-9-2-1-4-18(24)22-15)23-14-5-6-16-17(12-14)26-11-3-10-25-16/h5-6,12-13H,1-4,7-11H2,(H3,20,21,23). The van der Waals surface area contributed by atoms with Gasteiger partial charge in [0.05, 0.1) is 18.9 Å². The first-order valence-corrected chi connectivity index (χ1v) is 9.29. The number of nitrogens with zero attached hydrogens (tertiary/aromatic N) is 3. The molecule has 2 aromatic rings. The van der Waals surface area contributed by atoms with Crippen LogP contribution in [0.15, 0.2) is 29.4 Å².